The SMILES string of the molecule is O=C(NCc1ccccc1Br)Nc1cc(Br)ccn1. The summed E-state index contributed by atoms with van der Waals surface area (Å²) < 4.78 is 1.83. The van der Waals surface area contributed by atoms with Crippen LogP contribution < -0.4 is 10.6 Å². The molecule has 2 rings (SSSR count). The Bertz CT molecular complexity index is 590. The Morgan fingerprint density at radius 3 is 2.74 bits per heavy atom. The van der Waals surface area contributed by atoms with Gasteiger partial charge in [0.05, 0.1) is 0 Å². The quantitative estimate of drug-likeness (QED) is 0.842. The van der Waals surface area contributed by atoms with E-state index in [9.17, 15) is 4.79 Å². The lowest BCUT2D eigenvalue weighted by Gasteiger charge is -2.08. The zero-order chi connectivity index (χ0) is 13.7. The van der Waals surface area contributed by atoms with Crippen LogP contribution in [-0.4, -0.2) is 11.0 Å². The molecule has 0 aliphatic heterocycles. The predicted octanol–water partition coefficient (Wildman–Crippen LogP) is 3.93. The van der Waals surface area contributed by atoms with Crippen LogP contribution >= 0.6 is 31.9 Å². The molecule has 0 aliphatic rings. The number of amides is 2. The minimum absolute atomic E-state index is 0.290. The fourth-order valence-electron chi connectivity index (χ4n) is 1.45. The van der Waals surface area contributed by atoms with E-state index in [-0.39, 0.29) is 6.03 Å². The topological polar surface area (TPSA) is 54.0 Å². The highest BCUT2D eigenvalue weighted by Gasteiger charge is 2.04. The van der Waals surface area contributed by atoms with Crippen LogP contribution in [0.5, 0.6) is 0 Å². The van der Waals surface area contributed by atoms with Gasteiger partial charge in [0.15, 0.2) is 0 Å². The van der Waals surface area contributed by atoms with E-state index in [0.717, 1.165) is 14.5 Å². The molecule has 0 saturated heterocycles. The Kier molecular flexibility index (Phi) is 4.93. The number of benzene rings is 1. The number of carbonyl (C=O) groups is 1. The maximum atomic E-state index is 11.7. The van der Waals surface area contributed by atoms with Gasteiger partial charge in [0.1, 0.15) is 5.82 Å². The van der Waals surface area contributed by atoms with Crippen LogP contribution in [0.25, 0.3) is 0 Å². The fraction of sp³-hybridized carbons (Fsp3) is 0.0769. The van der Waals surface area contributed by atoms with E-state index in [4.69, 9.17) is 0 Å². The summed E-state index contributed by atoms with van der Waals surface area (Å²) in [6, 6.07) is 11.0. The highest BCUT2D eigenvalue weighted by molar-refractivity contribution is 9.10. The van der Waals surface area contributed by atoms with Crippen molar-refractivity contribution in [2.45, 2.75) is 6.54 Å². The minimum atomic E-state index is -0.290. The third kappa shape index (κ3) is 4.33. The van der Waals surface area contributed by atoms with Crippen molar-refractivity contribution in [3.63, 3.8) is 0 Å². The molecule has 4 nitrogen and oxygen atoms in total. The van der Waals surface area contributed by atoms with Gasteiger partial charge < -0.3 is 5.32 Å². The van der Waals surface area contributed by atoms with Gasteiger partial charge >= 0.3 is 6.03 Å². The van der Waals surface area contributed by atoms with Gasteiger partial charge in [-0.15, -0.1) is 0 Å². The van der Waals surface area contributed by atoms with E-state index in [1.165, 1.54) is 0 Å². The first-order chi connectivity index (χ1) is 9.15. The molecule has 1 aromatic heterocycles. The summed E-state index contributed by atoms with van der Waals surface area (Å²) in [5.41, 5.74) is 1.01. The molecule has 0 aliphatic carbocycles. The predicted molar refractivity (Wildman–Crippen MR) is 81.9 cm³/mol. The second-order valence-corrected chi connectivity index (χ2v) is 5.53. The average molecular weight is 385 g/mol. The van der Waals surface area contributed by atoms with E-state index < -0.39 is 0 Å². The number of hydrogen-bond acceptors (Lipinski definition) is 2. The number of anilines is 1. The molecule has 0 unspecified atom stereocenters. The molecule has 1 aromatic carbocycles. The molecule has 2 aromatic rings. The van der Waals surface area contributed by atoms with Crippen molar-refractivity contribution in [2.24, 2.45) is 0 Å². The Morgan fingerprint density at radius 2 is 2.00 bits per heavy atom. The molecule has 0 fully saturated rings. The lowest BCUT2D eigenvalue weighted by atomic mass is 10.2. The highest BCUT2D eigenvalue weighted by atomic mass is 79.9. The third-order valence-electron chi connectivity index (χ3n) is 2.36. The summed E-state index contributed by atoms with van der Waals surface area (Å²) >= 11 is 6.75. The molecule has 6 heteroatoms. The van der Waals surface area contributed by atoms with Crippen molar-refractivity contribution in [3.8, 4) is 0 Å². The van der Waals surface area contributed by atoms with E-state index in [1.807, 2.05) is 24.3 Å². The van der Waals surface area contributed by atoms with Crippen LogP contribution in [0.3, 0.4) is 0 Å². The van der Waals surface area contributed by atoms with Gasteiger partial charge in [-0.05, 0) is 23.8 Å². The van der Waals surface area contributed by atoms with Gasteiger partial charge in [-0.2, -0.15) is 0 Å². The van der Waals surface area contributed by atoms with Crippen LogP contribution in [0.2, 0.25) is 0 Å². The summed E-state index contributed by atoms with van der Waals surface area (Å²) in [6.07, 6.45) is 1.62. The average Bonchev–Trinajstić information content (AvgIpc) is 2.38. The van der Waals surface area contributed by atoms with Crippen LogP contribution in [0, 0.1) is 0 Å². The summed E-state index contributed by atoms with van der Waals surface area (Å²) in [5.74, 6) is 0.499. The first-order valence-corrected chi connectivity index (χ1v) is 7.13. The molecule has 2 amide bonds. The van der Waals surface area contributed by atoms with Gasteiger partial charge in [0.25, 0.3) is 0 Å². The van der Waals surface area contributed by atoms with Crippen LogP contribution in [-0.2, 0) is 6.54 Å². The van der Waals surface area contributed by atoms with E-state index in [1.54, 1.807) is 18.3 Å². The third-order valence-corrected chi connectivity index (χ3v) is 3.63. The fourth-order valence-corrected chi connectivity index (χ4v) is 2.21. The van der Waals surface area contributed by atoms with Crippen molar-refractivity contribution < 1.29 is 4.79 Å². The molecule has 0 spiro atoms. The minimum Gasteiger partial charge on any atom is -0.334 e. The summed E-state index contributed by atoms with van der Waals surface area (Å²) in [7, 11) is 0. The van der Waals surface area contributed by atoms with Crippen molar-refractivity contribution in [1.82, 2.24) is 10.3 Å². The Labute approximate surface area is 127 Å². The van der Waals surface area contributed by atoms with E-state index in [0.29, 0.717) is 12.4 Å². The number of hydrogen-bond donors (Lipinski definition) is 2. The van der Waals surface area contributed by atoms with Crippen molar-refractivity contribution in [3.05, 3.63) is 57.1 Å². The number of halogens is 2. The maximum absolute atomic E-state index is 11.7. The maximum Gasteiger partial charge on any atom is 0.320 e. The van der Waals surface area contributed by atoms with Gasteiger partial charge in [-0.3, -0.25) is 5.32 Å². The number of aromatic nitrogens is 1. The van der Waals surface area contributed by atoms with Gasteiger partial charge in [-0.1, -0.05) is 50.1 Å². The monoisotopic (exact) mass is 383 g/mol. The first-order valence-electron chi connectivity index (χ1n) is 5.55. The molecule has 19 heavy (non-hydrogen) atoms. The van der Waals surface area contributed by atoms with Gasteiger partial charge in [0, 0.05) is 21.7 Å². The van der Waals surface area contributed by atoms with E-state index >= 15 is 0 Å². The second-order valence-electron chi connectivity index (χ2n) is 3.76. The smallest absolute Gasteiger partial charge is 0.320 e. The molecule has 0 atom stereocenters. The second kappa shape index (κ2) is 6.68. The van der Waals surface area contributed by atoms with Crippen LogP contribution in [0.15, 0.2) is 51.5 Å². The summed E-state index contributed by atoms with van der Waals surface area (Å²) in [5, 5.41) is 5.44. The zero-order valence-corrected chi connectivity index (χ0v) is 13.0. The molecule has 2 N–H and O–H groups in total. The molecule has 0 bridgehead atoms. The molecule has 0 saturated carbocycles. The standard InChI is InChI=1S/C13H11Br2N3O/c14-10-5-6-16-12(7-10)18-13(19)17-8-9-3-1-2-4-11(9)15/h1-7H,8H2,(H2,16,17,18,19). The van der Waals surface area contributed by atoms with Crippen molar-refractivity contribution in [2.75, 3.05) is 5.32 Å². The number of pyridine rings is 1. The number of carbonyl (C=O) groups excluding carboxylic acids is 1. The largest absolute Gasteiger partial charge is 0.334 e. The van der Waals surface area contributed by atoms with Crippen LogP contribution in [0.4, 0.5) is 10.6 Å². The Hall–Kier alpha value is -1.40. The van der Waals surface area contributed by atoms with Gasteiger partial charge in [0.2, 0.25) is 0 Å². The zero-order valence-electron chi connectivity index (χ0n) is 9.86. The molecule has 98 valence electrons. The molecular formula is C13H11Br2N3O. The van der Waals surface area contributed by atoms with E-state index in [2.05, 4.69) is 47.5 Å². The normalized spacial score (nSPS) is 10.0. The highest BCUT2D eigenvalue weighted by Crippen LogP contribution is 2.15. The van der Waals surface area contributed by atoms with Crippen molar-refractivity contribution >= 4 is 43.7 Å². The Morgan fingerprint density at radius 1 is 1.21 bits per heavy atom. The summed E-state index contributed by atoms with van der Waals surface area (Å²) in [6.45, 7) is 0.446. The van der Waals surface area contributed by atoms with Crippen molar-refractivity contribution in [1.29, 1.82) is 0 Å². The number of rotatable bonds is 3. The van der Waals surface area contributed by atoms with Gasteiger partial charge in [-0.25, -0.2) is 9.78 Å². The van der Waals surface area contributed by atoms with Crippen LogP contribution in [0.1, 0.15) is 5.56 Å². The lowest BCUT2D eigenvalue weighted by Crippen LogP contribution is -2.28. The first kappa shape index (κ1) is 14.0. The lowest BCUT2D eigenvalue weighted by molar-refractivity contribution is 0.251. The summed E-state index contributed by atoms with van der Waals surface area (Å²) in [4.78, 5) is 15.8. The number of urea groups is 1. The molecule has 1 heterocycles. The molecule has 0 radical (unpaired) electrons. The molecular weight excluding hydrogens is 374 g/mol. The number of nitrogens with one attached hydrogen (secondary N) is 2. The Balaban J connectivity index is 1.90. The number of nitrogens with zero attached hydrogens (tertiary/aromatic N) is 1.